The third kappa shape index (κ3) is 2.68. The molecule has 19 heavy (non-hydrogen) atoms. The lowest BCUT2D eigenvalue weighted by atomic mass is 9.53. The molecule has 1 atom stereocenters. The lowest BCUT2D eigenvalue weighted by molar-refractivity contribution is -0.132. The van der Waals surface area contributed by atoms with Crippen molar-refractivity contribution in [2.24, 2.45) is 16.2 Å². The molecule has 108 valence electrons. The van der Waals surface area contributed by atoms with Crippen molar-refractivity contribution in [2.45, 2.75) is 84.7 Å². The molecule has 0 aromatic carbocycles. The van der Waals surface area contributed by atoms with Gasteiger partial charge in [0.05, 0.1) is 17.1 Å². The van der Waals surface area contributed by atoms with Gasteiger partial charge in [-0.05, 0) is 55.8 Å². The van der Waals surface area contributed by atoms with E-state index in [2.05, 4.69) is 33.8 Å². The van der Waals surface area contributed by atoms with Gasteiger partial charge in [-0.15, -0.1) is 0 Å². The number of hydrogen-bond acceptors (Lipinski definition) is 2. The molecule has 0 aromatic rings. The van der Waals surface area contributed by atoms with Gasteiger partial charge in [-0.25, -0.2) is 0 Å². The maximum atomic E-state index is 11.2. The maximum Gasteiger partial charge on any atom is 0.0860 e. The first-order chi connectivity index (χ1) is 8.64. The molecule has 1 N–H and O–H groups in total. The Morgan fingerprint density at radius 2 is 1.42 bits per heavy atom. The summed E-state index contributed by atoms with van der Waals surface area (Å²) in [5.41, 5.74) is -0.759. The minimum Gasteiger partial charge on any atom is -0.388 e. The number of nitriles is 1. The SMILES string of the molecule is CC1(C)CCC(C#N)(C2(O)CCCC(C)(C)C2)CC1. The first kappa shape index (κ1) is 14.9. The standard InChI is InChI=1S/C17H29NO/c1-14(2)8-10-16(13-18,11-9-14)17(19)7-5-6-15(3,4)12-17/h19H,5-12H2,1-4H3. The van der Waals surface area contributed by atoms with Crippen LogP contribution in [0.1, 0.15) is 79.1 Å². The van der Waals surface area contributed by atoms with E-state index in [1.54, 1.807) is 0 Å². The van der Waals surface area contributed by atoms with Crippen molar-refractivity contribution < 1.29 is 5.11 Å². The van der Waals surface area contributed by atoms with E-state index in [9.17, 15) is 10.4 Å². The lowest BCUT2D eigenvalue weighted by Crippen LogP contribution is -2.54. The zero-order valence-corrected chi connectivity index (χ0v) is 13.1. The fourth-order valence-electron chi connectivity index (χ4n) is 4.27. The normalized spacial score (nSPS) is 36.4. The van der Waals surface area contributed by atoms with Crippen molar-refractivity contribution in [1.82, 2.24) is 0 Å². The van der Waals surface area contributed by atoms with E-state index in [4.69, 9.17) is 0 Å². The van der Waals surface area contributed by atoms with Crippen molar-refractivity contribution in [1.29, 1.82) is 5.26 Å². The summed E-state index contributed by atoms with van der Waals surface area (Å²) < 4.78 is 0. The summed E-state index contributed by atoms with van der Waals surface area (Å²) in [5.74, 6) is 0. The van der Waals surface area contributed by atoms with Crippen LogP contribution in [0.3, 0.4) is 0 Å². The van der Waals surface area contributed by atoms with Gasteiger partial charge in [0, 0.05) is 0 Å². The summed E-state index contributed by atoms with van der Waals surface area (Å²) in [6.07, 6.45) is 7.66. The number of aliphatic hydroxyl groups is 1. The molecule has 0 heterocycles. The van der Waals surface area contributed by atoms with E-state index in [1.165, 1.54) is 6.42 Å². The Bertz CT molecular complexity index is 381. The Labute approximate surface area is 118 Å². The Kier molecular flexibility index (Phi) is 3.51. The average Bonchev–Trinajstić information content (AvgIpc) is 2.27. The summed E-state index contributed by atoms with van der Waals surface area (Å²) >= 11 is 0. The van der Waals surface area contributed by atoms with Crippen LogP contribution in [0.5, 0.6) is 0 Å². The highest BCUT2D eigenvalue weighted by Crippen LogP contribution is 2.57. The zero-order valence-electron chi connectivity index (χ0n) is 13.1. The van der Waals surface area contributed by atoms with Gasteiger partial charge in [0.25, 0.3) is 0 Å². The van der Waals surface area contributed by atoms with Gasteiger partial charge in [0.15, 0.2) is 0 Å². The van der Waals surface area contributed by atoms with Crippen LogP contribution in [-0.2, 0) is 0 Å². The van der Waals surface area contributed by atoms with E-state index >= 15 is 0 Å². The van der Waals surface area contributed by atoms with Gasteiger partial charge in [0.2, 0.25) is 0 Å². The van der Waals surface area contributed by atoms with Gasteiger partial charge < -0.3 is 5.11 Å². The topological polar surface area (TPSA) is 44.0 Å². The van der Waals surface area contributed by atoms with Gasteiger partial charge in [-0.3, -0.25) is 0 Å². The molecular weight excluding hydrogens is 234 g/mol. The number of nitrogens with zero attached hydrogens (tertiary/aromatic N) is 1. The van der Waals surface area contributed by atoms with Crippen molar-refractivity contribution >= 4 is 0 Å². The van der Waals surface area contributed by atoms with Crippen LogP contribution in [0.4, 0.5) is 0 Å². The van der Waals surface area contributed by atoms with E-state index in [0.29, 0.717) is 5.41 Å². The summed E-state index contributed by atoms with van der Waals surface area (Å²) in [6.45, 7) is 9.02. The predicted octanol–water partition coefficient (Wildman–Crippen LogP) is 4.43. The first-order valence-corrected chi connectivity index (χ1v) is 7.78. The minimum atomic E-state index is -0.764. The van der Waals surface area contributed by atoms with E-state index < -0.39 is 11.0 Å². The van der Waals surface area contributed by atoms with Crippen LogP contribution in [0, 0.1) is 27.6 Å². The van der Waals surface area contributed by atoms with Gasteiger partial charge in [0.1, 0.15) is 0 Å². The molecule has 2 aliphatic carbocycles. The molecule has 0 spiro atoms. The maximum absolute atomic E-state index is 11.2. The summed E-state index contributed by atoms with van der Waals surface area (Å²) in [5, 5.41) is 21.0. The average molecular weight is 263 g/mol. The second-order valence-electron chi connectivity index (χ2n) is 8.58. The van der Waals surface area contributed by atoms with Crippen molar-refractivity contribution in [3.63, 3.8) is 0 Å². The van der Waals surface area contributed by atoms with E-state index in [-0.39, 0.29) is 5.41 Å². The molecule has 2 saturated carbocycles. The van der Waals surface area contributed by atoms with Gasteiger partial charge >= 0.3 is 0 Å². The smallest absolute Gasteiger partial charge is 0.0860 e. The van der Waals surface area contributed by atoms with Crippen LogP contribution in [-0.4, -0.2) is 10.7 Å². The van der Waals surface area contributed by atoms with Crippen molar-refractivity contribution in [2.75, 3.05) is 0 Å². The van der Waals surface area contributed by atoms with E-state index in [0.717, 1.165) is 44.9 Å². The second-order valence-corrected chi connectivity index (χ2v) is 8.58. The number of rotatable bonds is 1. The molecule has 1 unspecified atom stereocenters. The third-order valence-electron chi connectivity index (χ3n) is 5.78. The fraction of sp³-hybridized carbons (Fsp3) is 0.941. The molecule has 2 rings (SSSR count). The van der Waals surface area contributed by atoms with Gasteiger partial charge in [-0.1, -0.05) is 34.1 Å². The van der Waals surface area contributed by atoms with E-state index in [1.807, 2.05) is 0 Å². The third-order valence-corrected chi connectivity index (χ3v) is 5.78. The summed E-state index contributed by atoms with van der Waals surface area (Å²) in [7, 11) is 0. The second kappa shape index (κ2) is 4.48. The predicted molar refractivity (Wildman–Crippen MR) is 77.5 cm³/mol. The highest BCUT2D eigenvalue weighted by molar-refractivity contribution is 5.15. The monoisotopic (exact) mass is 263 g/mol. The zero-order chi connectivity index (χ0) is 14.4. The van der Waals surface area contributed by atoms with Crippen LogP contribution < -0.4 is 0 Å². The molecule has 0 amide bonds. The number of hydrogen-bond donors (Lipinski definition) is 1. The van der Waals surface area contributed by atoms with Crippen molar-refractivity contribution in [3.05, 3.63) is 0 Å². The molecule has 2 heteroatoms. The molecule has 0 radical (unpaired) electrons. The molecule has 2 aliphatic rings. The molecule has 2 fully saturated rings. The molecule has 0 bridgehead atoms. The fourth-order valence-corrected chi connectivity index (χ4v) is 4.27. The largest absolute Gasteiger partial charge is 0.388 e. The molecular formula is C17H29NO. The van der Waals surface area contributed by atoms with Crippen LogP contribution in [0.25, 0.3) is 0 Å². The Balaban J connectivity index is 2.24. The molecule has 0 aromatic heterocycles. The highest BCUT2D eigenvalue weighted by atomic mass is 16.3. The molecule has 0 aliphatic heterocycles. The Morgan fingerprint density at radius 3 is 1.89 bits per heavy atom. The quantitative estimate of drug-likeness (QED) is 0.760. The Morgan fingerprint density at radius 1 is 0.842 bits per heavy atom. The lowest BCUT2D eigenvalue weighted by Gasteiger charge is -2.53. The highest BCUT2D eigenvalue weighted by Gasteiger charge is 2.55. The minimum absolute atomic E-state index is 0.170. The van der Waals surface area contributed by atoms with Crippen molar-refractivity contribution in [3.8, 4) is 6.07 Å². The van der Waals surface area contributed by atoms with Crippen LogP contribution in [0.15, 0.2) is 0 Å². The van der Waals surface area contributed by atoms with Crippen LogP contribution in [0.2, 0.25) is 0 Å². The summed E-state index contributed by atoms with van der Waals surface area (Å²) in [6, 6.07) is 2.55. The van der Waals surface area contributed by atoms with Gasteiger partial charge in [-0.2, -0.15) is 5.26 Å². The first-order valence-electron chi connectivity index (χ1n) is 7.78. The Hall–Kier alpha value is -0.550. The molecule has 2 nitrogen and oxygen atoms in total. The van der Waals surface area contributed by atoms with Crippen LogP contribution >= 0.6 is 0 Å². The molecule has 0 saturated heterocycles. The summed E-state index contributed by atoms with van der Waals surface area (Å²) in [4.78, 5) is 0.